The van der Waals surface area contributed by atoms with E-state index in [4.69, 9.17) is 8.94 Å². The number of amides is 1. The van der Waals surface area contributed by atoms with Crippen molar-refractivity contribution in [2.24, 2.45) is 0 Å². The first-order chi connectivity index (χ1) is 10.7. The molecule has 22 heavy (non-hydrogen) atoms. The van der Waals surface area contributed by atoms with Gasteiger partial charge in [0, 0.05) is 23.6 Å². The maximum atomic E-state index is 12.3. The largest absolute Gasteiger partial charge is 0.455 e. The first kappa shape index (κ1) is 12.9. The van der Waals surface area contributed by atoms with Gasteiger partial charge in [0.1, 0.15) is 17.7 Å². The highest BCUT2D eigenvalue weighted by atomic mass is 16.5. The van der Waals surface area contributed by atoms with Crippen molar-refractivity contribution in [2.45, 2.75) is 26.3 Å². The third-order valence-corrected chi connectivity index (χ3v) is 3.94. The van der Waals surface area contributed by atoms with Crippen LogP contribution in [0.15, 0.2) is 27.5 Å². The standard InChI is InChI=1S/C15H14N4O3/c1-8-12-11(3-2-9-6-17-18-13(9)12)22-14(8)15(20)16-7-10-4-5-21-19-10/h4-6H,2-3,7H2,1H3,(H,16,20)(H,17,18). The second-order valence-electron chi connectivity index (χ2n) is 5.30. The molecule has 3 aromatic rings. The van der Waals surface area contributed by atoms with E-state index in [1.807, 2.05) is 13.1 Å². The topological polar surface area (TPSA) is 97.0 Å². The van der Waals surface area contributed by atoms with Crippen molar-refractivity contribution in [1.29, 1.82) is 0 Å². The summed E-state index contributed by atoms with van der Waals surface area (Å²) in [6.45, 7) is 2.19. The Hall–Kier alpha value is -2.83. The Labute approximate surface area is 125 Å². The van der Waals surface area contributed by atoms with Gasteiger partial charge in [-0.3, -0.25) is 9.89 Å². The molecule has 1 amide bonds. The van der Waals surface area contributed by atoms with Crippen LogP contribution in [-0.4, -0.2) is 21.3 Å². The maximum absolute atomic E-state index is 12.3. The van der Waals surface area contributed by atoms with Crippen LogP contribution in [0.5, 0.6) is 0 Å². The molecule has 0 bridgehead atoms. The molecule has 0 spiro atoms. The van der Waals surface area contributed by atoms with Crippen LogP contribution in [-0.2, 0) is 19.4 Å². The van der Waals surface area contributed by atoms with Crippen LogP contribution >= 0.6 is 0 Å². The zero-order chi connectivity index (χ0) is 15.1. The van der Waals surface area contributed by atoms with Crippen LogP contribution in [0.3, 0.4) is 0 Å². The second kappa shape index (κ2) is 4.87. The Balaban J connectivity index is 1.63. The van der Waals surface area contributed by atoms with Crippen molar-refractivity contribution in [2.75, 3.05) is 0 Å². The Bertz CT molecular complexity index is 829. The fourth-order valence-corrected chi connectivity index (χ4v) is 2.84. The average Bonchev–Trinajstić information content (AvgIpc) is 3.24. The number of aryl methyl sites for hydroxylation is 2. The van der Waals surface area contributed by atoms with E-state index in [9.17, 15) is 4.79 Å². The minimum atomic E-state index is -0.254. The first-order valence-electron chi connectivity index (χ1n) is 7.06. The molecule has 0 radical (unpaired) electrons. The summed E-state index contributed by atoms with van der Waals surface area (Å²) in [5, 5.41) is 13.6. The van der Waals surface area contributed by atoms with E-state index in [1.54, 1.807) is 6.07 Å². The van der Waals surface area contributed by atoms with Gasteiger partial charge in [-0.25, -0.2) is 0 Å². The van der Waals surface area contributed by atoms with Crippen molar-refractivity contribution in [1.82, 2.24) is 20.7 Å². The lowest BCUT2D eigenvalue weighted by Gasteiger charge is -2.09. The zero-order valence-electron chi connectivity index (χ0n) is 12.0. The number of fused-ring (bicyclic) bond motifs is 3. The predicted octanol–water partition coefficient (Wildman–Crippen LogP) is 1.99. The molecule has 0 atom stereocenters. The maximum Gasteiger partial charge on any atom is 0.287 e. The van der Waals surface area contributed by atoms with Crippen molar-refractivity contribution in [3.63, 3.8) is 0 Å². The molecule has 3 heterocycles. The highest BCUT2D eigenvalue weighted by molar-refractivity contribution is 5.95. The summed E-state index contributed by atoms with van der Waals surface area (Å²) in [6, 6.07) is 1.71. The molecular weight excluding hydrogens is 284 g/mol. The average molecular weight is 298 g/mol. The highest BCUT2D eigenvalue weighted by Crippen LogP contribution is 2.37. The quantitative estimate of drug-likeness (QED) is 0.770. The van der Waals surface area contributed by atoms with Gasteiger partial charge in [-0.05, 0) is 18.9 Å². The Morgan fingerprint density at radius 2 is 2.36 bits per heavy atom. The van der Waals surface area contributed by atoms with Gasteiger partial charge in [-0.1, -0.05) is 5.16 Å². The summed E-state index contributed by atoms with van der Waals surface area (Å²) in [5.41, 5.74) is 4.57. The fourth-order valence-electron chi connectivity index (χ4n) is 2.84. The minimum Gasteiger partial charge on any atom is -0.455 e. The van der Waals surface area contributed by atoms with Gasteiger partial charge in [0.05, 0.1) is 18.4 Å². The lowest BCUT2D eigenvalue weighted by molar-refractivity contribution is 0.0919. The normalized spacial score (nSPS) is 12.8. The van der Waals surface area contributed by atoms with Gasteiger partial charge >= 0.3 is 0 Å². The molecule has 2 N–H and O–H groups in total. The molecule has 1 aliphatic carbocycles. The lowest BCUT2D eigenvalue weighted by Crippen LogP contribution is -2.23. The van der Waals surface area contributed by atoms with E-state index in [-0.39, 0.29) is 5.91 Å². The van der Waals surface area contributed by atoms with E-state index >= 15 is 0 Å². The number of carbonyl (C=O) groups is 1. The number of H-pyrrole nitrogens is 1. The molecular formula is C15H14N4O3. The van der Waals surface area contributed by atoms with Gasteiger partial charge in [0.2, 0.25) is 0 Å². The van der Waals surface area contributed by atoms with Crippen LogP contribution in [0.4, 0.5) is 0 Å². The number of nitrogens with zero attached hydrogens (tertiary/aromatic N) is 2. The van der Waals surface area contributed by atoms with Crippen molar-refractivity contribution < 1.29 is 13.7 Å². The van der Waals surface area contributed by atoms with E-state index in [1.165, 1.54) is 6.26 Å². The molecule has 7 nitrogen and oxygen atoms in total. The lowest BCUT2D eigenvalue weighted by atomic mass is 9.93. The summed E-state index contributed by atoms with van der Waals surface area (Å²) in [7, 11) is 0. The smallest absolute Gasteiger partial charge is 0.287 e. The number of furan rings is 1. The Morgan fingerprint density at radius 1 is 1.45 bits per heavy atom. The van der Waals surface area contributed by atoms with Gasteiger partial charge in [-0.15, -0.1) is 0 Å². The summed E-state index contributed by atoms with van der Waals surface area (Å²) in [5.74, 6) is 0.924. The molecule has 1 aliphatic rings. The summed E-state index contributed by atoms with van der Waals surface area (Å²) in [4.78, 5) is 12.3. The molecule has 7 heteroatoms. The molecule has 0 saturated carbocycles. The van der Waals surface area contributed by atoms with Gasteiger partial charge in [0.25, 0.3) is 5.91 Å². The number of aromatic nitrogens is 3. The van der Waals surface area contributed by atoms with E-state index in [0.717, 1.165) is 41.0 Å². The first-order valence-corrected chi connectivity index (χ1v) is 7.06. The number of rotatable bonds is 3. The van der Waals surface area contributed by atoms with Gasteiger partial charge < -0.3 is 14.3 Å². The number of aromatic amines is 1. The van der Waals surface area contributed by atoms with E-state index < -0.39 is 0 Å². The number of nitrogens with one attached hydrogen (secondary N) is 2. The molecule has 0 aliphatic heterocycles. The van der Waals surface area contributed by atoms with Crippen LogP contribution in [0.25, 0.3) is 11.3 Å². The monoisotopic (exact) mass is 298 g/mol. The number of carbonyl (C=O) groups excluding carboxylic acids is 1. The molecule has 0 aromatic carbocycles. The van der Waals surface area contributed by atoms with Crippen LogP contribution < -0.4 is 5.32 Å². The number of hydrogen-bond donors (Lipinski definition) is 2. The molecule has 0 unspecified atom stereocenters. The molecule has 4 rings (SSSR count). The Kier molecular flexibility index (Phi) is 2.85. The summed E-state index contributed by atoms with van der Waals surface area (Å²) < 4.78 is 10.5. The van der Waals surface area contributed by atoms with Crippen LogP contribution in [0.1, 0.15) is 33.1 Å². The molecule has 3 aromatic heterocycles. The van der Waals surface area contributed by atoms with Crippen molar-refractivity contribution >= 4 is 5.91 Å². The van der Waals surface area contributed by atoms with Crippen LogP contribution in [0, 0.1) is 6.92 Å². The Morgan fingerprint density at radius 3 is 3.18 bits per heavy atom. The van der Waals surface area contributed by atoms with Crippen molar-refractivity contribution in [3.8, 4) is 11.3 Å². The summed E-state index contributed by atoms with van der Waals surface area (Å²) >= 11 is 0. The van der Waals surface area contributed by atoms with Gasteiger partial charge in [0.15, 0.2) is 5.76 Å². The second-order valence-corrected chi connectivity index (χ2v) is 5.30. The zero-order valence-corrected chi connectivity index (χ0v) is 12.0. The van der Waals surface area contributed by atoms with Gasteiger partial charge in [-0.2, -0.15) is 5.10 Å². The third kappa shape index (κ3) is 1.93. The third-order valence-electron chi connectivity index (χ3n) is 3.94. The molecule has 0 fully saturated rings. The minimum absolute atomic E-state index is 0.254. The summed E-state index contributed by atoms with van der Waals surface area (Å²) in [6.07, 6.45) is 4.94. The molecule has 0 saturated heterocycles. The van der Waals surface area contributed by atoms with Crippen LogP contribution in [0.2, 0.25) is 0 Å². The SMILES string of the molecule is Cc1c(C(=O)NCc2ccon2)oc2c1-c1[nH]ncc1CC2. The van der Waals surface area contributed by atoms with E-state index in [2.05, 4.69) is 20.7 Å². The van der Waals surface area contributed by atoms with Crippen molar-refractivity contribution in [3.05, 3.63) is 46.9 Å². The predicted molar refractivity (Wildman–Crippen MR) is 76.1 cm³/mol. The fraction of sp³-hybridized carbons (Fsp3) is 0.267. The highest BCUT2D eigenvalue weighted by Gasteiger charge is 2.28. The van der Waals surface area contributed by atoms with E-state index in [0.29, 0.717) is 18.0 Å². The number of hydrogen-bond acceptors (Lipinski definition) is 5. The molecule has 112 valence electrons.